The van der Waals surface area contributed by atoms with Crippen LogP contribution in [0.4, 0.5) is 0 Å². The number of aromatic nitrogens is 1. The van der Waals surface area contributed by atoms with Crippen molar-refractivity contribution in [2.45, 2.75) is 28.6 Å². The molecule has 180 valence electrons. The number of sulfonamides is 1. The number of carbonyl (C=O) groups excluding carboxylic acids is 1. The number of rotatable bonds is 9. The van der Waals surface area contributed by atoms with Gasteiger partial charge in [0.15, 0.2) is 11.5 Å². The SMILES string of the molecule is COc1ccc(CNC(=O)C(C)Sc2ccc(S(=O)(=O)N3CCN(C)CC3)cn2)cc1OC. The third kappa shape index (κ3) is 6.38. The van der Waals surface area contributed by atoms with E-state index in [0.29, 0.717) is 49.2 Å². The summed E-state index contributed by atoms with van der Waals surface area (Å²) in [5.41, 5.74) is 0.884. The zero-order valence-electron chi connectivity index (χ0n) is 19.3. The lowest BCUT2D eigenvalue weighted by Crippen LogP contribution is -2.47. The molecule has 1 aliphatic heterocycles. The molecule has 9 nitrogen and oxygen atoms in total. The number of thioether (sulfide) groups is 1. The van der Waals surface area contributed by atoms with E-state index in [2.05, 4.69) is 15.2 Å². The number of methoxy groups -OCH3 is 2. The van der Waals surface area contributed by atoms with E-state index in [1.54, 1.807) is 39.3 Å². The van der Waals surface area contributed by atoms with Crippen LogP contribution in [0.5, 0.6) is 11.5 Å². The molecule has 1 aromatic heterocycles. The van der Waals surface area contributed by atoms with Crippen LogP contribution in [-0.2, 0) is 21.4 Å². The fourth-order valence-electron chi connectivity index (χ4n) is 3.32. The molecule has 1 unspecified atom stereocenters. The Kier molecular flexibility index (Phi) is 8.57. The van der Waals surface area contributed by atoms with Crippen LogP contribution in [0.3, 0.4) is 0 Å². The minimum absolute atomic E-state index is 0.147. The van der Waals surface area contributed by atoms with E-state index >= 15 is 0 Å². The molecule has 33 heavy (non-hydrogen) atoms. The van der Waals surface area contributed by atoms with Gasteiger partial charge in [-0.15, -0.1) is 0 Å². The number of benzene rings is 1. The number of carbonyl (C=O) groups is 1. The topological polar surface area (TPSA) is 101 Å². The lowest BCUT2D eigenvalue weighted by molar-refractivity contribution is -0.120. The molecule has 1 amide bonds. The summed E-state index contributed by atoms with van der Waals surface area (Å²) in [4.78, 5) is 19.1. The van der Waals surface area contributed by atoms with Gasteiger partial charge in [-0.2, -0.15) is 4.31 Å². The summed E-state index contributed by atoms with van der Waals surface area (Å²) in [6.07, 6.45) is 1.37. The highest BCUT2D eigenvalue weighted by atomic mass is 32.2. The quantitative estimate of drug-likeness (QED) is 0.527. The van der Waals surface area contributed by atoms with Gasteiger partial charge in [0, 0.05) is 38.9 Å². The normalized spacial score (nSPS) is 16.2. The Morgan fingerprint density at radius 1 is 1.12 bits per heavy atom. The first kappa shape index (κ1) is 25.3. The van der Waals surface area contributed by atoms with E-state index in [1.807, 2.05) is 19.2 Å². The third-order valence-corrected chi connectivity index (χ3v) is 8.32. The van der Waals surface area contributed by atoms with Crippen molar-refractivity contribution in [2.24, 2.45) is 0 Å². The average molecular weight is 495 g/mol. The summed E-state index contributed by atoms with van der Waals surface area (Å²) in [6, 6.07) is 8.67. The van der Waals surface area contributed by atoms with Crippen molar-refractivity contribution in [1.29, 1.82) is 0 Å². The lowest BCUT2D eigenvalue weighted by Gasteiger charge is -2.31. The molecule has 1 aliphatic rings. The van der Waals surface area contributed by atoms with Gasteiger partial charge in [-0.05, 0) is 43.8 Å². The molecule has 1 atom stereocenters. The van der Waals surface area contributed by atoms with E-state index < -0.39 is 15.3 Å². The van der Waals surface area contributed by atoms with E-state index in [-0.39, 0.29) is 10.8 Å². The molecule has 2 heterocycles. The van der Waals surface area contributed by atoms with Crippen molar-refractivity contribution in [2.75, 3.05) is 47.4 Å². The Hall–Kier alpha value is -2.34. The zero-order valence-corrected chi connectivity index (χ0v) is 20.9. The molecule has 1 saturated heterocycles. The molecular formula is C22H30N4O5S2. The van der Waals surface area contributed by atoms with Crippen LogP contribution < -0.4 is 14.8 Å². The molecule has 0 bridgehead atoms. The van der Waals surface area contributed by atoms with Gasteiger partial charge in [0.1, 0.15) is 4.90 Å². The molecule has 0 spiro atoms. The number of nitrogens with one attached hydrogen (secondary N) is 1. The van der Waals surface area contributed by atoms with Gasteiger partial charge in [0.05, 0.1) is 24.5 Å². The highest BCUT2D eigenvalue weighted by Gasteiger charge is 2.27. The molecule has 0 radical (unpaired) electrons. The first-order valence-electron chi connectivity index (χ1n) is 10.5. The maximum atomic E-state index is 12.8. The smallest absolute Gasteiger partial charge is 0.244 e. The molecule has 11 heteroatoms. The van der Waals surface area contributed by atoms with Crippen LogP contribution in [0.25, 0.3) is 0 Å². The Labute approximate surface area is 199 Å². The van der Waals surface area contributed by atoms with Crippen molar-refractivity contribution in [3.63, 3.8) is 0 Å². The first-order valence-corrected chi connectivity index (χ1v) is 12.9. The number of amides is 1. The first-order chi connectivity index (χ1) is 15.7. The predicted molar refractivity (Wildman–Crippen MR) is 127 cm³/mol. The summed E-state index contributed by atoms with van der Waals surface area (Å²) in [5, 5.41) is 3.08. The monoisotopic (exact) mass is 494 g/mol. The molecule has 1 fully saturated rings. The van der Waals surface area contributed by atoms with Crippen molar-refractivity contribution in [3.8, 4) is 11.5 Å². The second-order valence-electron chi connectivity index (χ2n) is 7.71. The summed E-state index contributed by atoms with van der Waals surface area (Å²) < 4.78 is 37.6. The zero-order chi connectivity index (χ0) is 24.0. The van der Waals surface area contributed by atoms with Gasteiger partial charge in [-0.3, -0.25) is 4.79 Å². The fourth-order valence-corrected chi connectivity index (χ4v) is 5.51. The maximum absolute atomic E-state index is 12.8. The standard InChI is InChI=1S/C22H30N4O5S2/c1-16(22(27)24-14-17-5-7-19(30-3)20(13-17)31-4)32-21-8-6-18(15-23-21)33(28,29)26-11-9-25(2)10-12-26/h5-8,13,15-16H,9-12,14H2,1-4H3,(H,24,27). The number of ether oxygens (including phenoxy) is 2. The van der Waals surface area contributed by atoms with Crippen molar-refractivity contribution in [3.05, 3.63) is 42.1 Å². The number of piperazine rings is 1. The third-order valence-electron chi connectivity index (χ3n) is 5.39. The van der Waals surface area contributed by atoms with Crippen molar-refractivity contribution >= 4 is 27.7 Å². The van der Waals surface area contributed by atoms with Gasteiger partial charge in [-0.25, -0.2) is 13.4 Å². The highest BCUT2D eigenvalue weighted by molar-refractivity contribution is 8.00. The van der Waals surface area contributed by atoms with Crippen LogP contribution in [0.1, 0.15) is 12.5 Å². The molecule has 2 aromatic rings. The molecule has 0 aliphatic carbocycles. The molecule has 1 aromatic carbocycles. The molecule has 0 saturated carbocycles. The number of likely N-dealkylation sites (N-methyl/N-ethyl adjacent to an activating group) is 1. The molecule has 1 N–H and O–H groups in total. The Balaban J connectivity index is 1.55. The molecular weight excluding hydrogens is 464 g/mol. The number of nitrogens with zero attached hydrogens (tertiary/aromatic N) is 3. The maximum Gasteiger partial charge on any atom is 0.244 e. The Morgan fingerprint density at radius 2 is 1.82 bits per heavy atom. The number of pyridine rings is 1. The van der Waals surface area contributed by atoms with Crippen molar-refractivity contribution in [1.82, 2.24) is 19.5 Å². The van der Waals surface area contributed by atoms with Gasteiger partial charge in [0.25, 0.3) is 0 Å². The Bertz CT molecular complexity index is 1050. The van der Waals surface area contributed by atoms with E-state index in [1.165, 1.54) is 22.3 Å². The van der Waals surface area contributed by atoms with Gasteiger partial charge >= 0.3 is 0 Å². The summed E-state index contributed by atoms with van der Waals surface area (Å²) in [7, 11) is 1.55. The van der Waals surface area contributed by atoms with Crippen LogP contribution in [0.15, 0.2) is 46.5 Å². The van der Waals surface area contributed by atoms with E-state index in [4.69, 9.17) is 9.47 Å². The minimum atomic E-state index is -3.56. The summed E-state index contributed by atoms with van der Waals surface area (Å²) >= 11 is 1.27. The molecule has 3 rings (SSSR count). The van der Waals surface area contributed by atoms with Gasteiger partial charge in [0.2, 0.25) is 15.9 Å². The number of hydrogen-bond donors (Lipinski definition) is 1. The summed E-state index contributed by atoms with van der Waals surface area (Å²) in [5.74, 6) is 1.08. The second kappa shape index (κ2) is 11.2. The fraction of sp³-hybridized carbons (Fsp3) is 0.455. The van der Waals surface area contributed by atoms with Gasteiger partial charge < -0.3 is 19.7 Å². The largest absolute Gasteiger partial charge is 0.493 e. The van der Waals surface area contributed by atoms with Crippen LogP contribution in [0.2, 0.25) is 0 Å². The van der Waals surface area contributed by atoms with Gasteiger partial charge in [-0.1, -0.05) is 17.8 Å². The van der Waals surface area contributed by atoms with Crippen LogP contribution in [-0.4, -0.2) is 81.2 Å². The Morgan fingerprint density at radius 3 is 2.42 bits per heavy atom. The number of hydrogen-bond acceptors (Lipinski definition) is 8. The van der Waals surface area contributed by atoms with Crippen LogP contribution in [0, 0.1) is 0 Å². The van der Waals surface area contributed by atoms with E-state index in [9.17, 15) is 13.2 Å². The van der Waals surface area contributed by atoms with Crippen LogP contribution >= 0.6 is 11.8 Å². The average Bonchev–Trinajstić information content (AvgIpc) is 2.82. The predicted octanol–water partition coefficient (Wildman–Crippen LogP) is 1.83. The lowest BCUT2D eigenvalue weighted by atomic mass is 10.2. The summed E-state index contributed by atoms with van der Waals surface area (Å²) in [6.45, 7) is 4.47. The second-order valence-corrected chi connectivity index (χ2v) is 11.0. The van der Waals surface area contributed by atoms with Crippen molar-refractivity contribution < 1.29 is 22.7 Å². The minimum Gasteiger partial charge on any atom is -0.493 e. The highest BCUT2D eigenvalue weighted by Crippen LogP contribution is 2.28. The van der Waals surface area contributed by atoms with E-state index in [0.717, 1.165) is 5.56 Å².